The number of para-hydroxylation sites is 1. The highest BCUT2D eigenvalue weighted by Crippen LogP contribution is 2.25. The number of carbonyl (C=O) groups is 1. The number of hydrogen-bond donors (Lipinski definition) is 1. The van der Waals surface area contributed by atoms with Crippen molar-refractivity contribution in [2.45, 2.75) is 0 Å². The summed E-state index contributed by atoms with van der Waals surface area (Å²) in [6.45, 7) is 0.772. The Labute approximate surface area is 104 Å². The third-order valence-corrected chi connectivity index (χ3v) is 2.49. The zero-order valence-corrected chi connectivity index (χ0v) is 10.3. The Kier molecular flexibility index (Phi) is 4.61. The molecule has 0 atom stereocenters. The lowest BCUT2D eigenvalue weighted by atomic mass is 10.1. The fourth-order valence-electron chi connectivity index (χ4n) is 1.43. The van der Waals surface area contributed by atoms with E-state index in [-0.39, 0.29) is 22.8 Å². The Morgan fingerprint density at radius 3 is 2.78 bits per heavy atom. The maximum absolute atomic E-state index is 12.0. The summed E-state index contributed by atoms with van der Waals surface area (Å²) in [5.74, 6) is -0.367. The molecule has 0 aliphatic rings. The van der Waals surface area contributed by atoms with Crippen LogP contribution >= 0.6 is 0 Å². The van der Waals surface area contributed by atoms with Crippen LogP contribution in [0.2, 0.25) is 0 Å². The molecule has 1 aromatic carbocycles. The average Bonchev–Trinajstić information content (AvgIpc) is 2.35. The van der Waals surface area contributed by atoms with E-state index in [1.165, 1.54) is 30.2 Å². The number of nitro benzene ring substituents is 1. The highest BCUT2D eigenvalue weighted by atomic mass is 16.6. The fourth-order valence-corrected chi connectivity index (χ4v) is 1.43. The Bertz CT molecular complexity index is 462. The number of nitrogens with zero attached hydrogens (tertiary/aromatic N) is 2. The highest BCUT2D eigenvalue weighted by molar-refractivity contribution is 6.00. The quantitative estimate of drug-likeness (QED) is 0.477. The molecule has 0 saturated heterocycles. The van der Waals surface area contributed by atoms with Gasteiger partial charge in [0, 0.05) is 26.8 Å². The standard InChI is InChI=1S/C11H15N3O4/c1-13(6-7-18-2)11(15)8-4-3-5-9(10(8)12)14(16)17/h3-5H,6-7,12H2,1-2H3. The lowest BCUT2D eigenvalue weighted by Gasteiger charge is -2.17. The second-order valence-corrected chi connectivity index (χ2v) is 3.71. The van der Waals surface area contributed by atoms with Gasteiger partial charge in [0.2, 0.25) is 0 Å². The van der Waals surface area contributed by atoms with E-state index in [0.717, 1.165) is 0 Å². The summed E-state index contributed by atoms with van der Waals surface area (Å²) in [5, 5.41) is 10.7. The largest absolute Gasteiger partial charge is 0.393 e. The van der Waals surface area contributed by atoms with Crippen LogP contribution in [0.25, 0.3) is 0 Å². The molecule has 0 aliphatic heterocycles. The van der Waals surface area contributed by atoms with Crippen molar-refractivity contribution in [3.8, 4) is 0 Å². The number of methoxy groups -OCH3 is 1. The number of carbonyl (C=O) groups excluding carboxylic acids is 1. The van der Waals surface area contributed by atoms with Gasteiger partial charge in [-0.3, -0.25) is 14.9 Å². The molecule has 1 rings (SSSR count). The summed E-state index contributed by atoms with van der Waals surface area (Å²) < 4.78 is 4.86. The van der Waals surface area contributed by atoms with Gasteiger partial charge in [-0.05, 0) is 6.07 Å². The Morgan fingerprint density at radius 1 is 1.56 bits per heavy atom. The van der Waals surface area contributed by atoms with Crippen LogP contribution < -0.4 is 5.73 Å². The first-order chi connectivity index (χ1) is 8.49. The van der Waals surface area contributed by atoms with Gasteiger partial charge < -0.3 is 15.4 Å². The number of hydrogen-bond acceptors (Lipinski definition) is 5. The molecule has 0 radical (unpaired) electrons. The summed E-state index contributed by atoms with van der Waals surface area (Å²) >= 11 is 0. The number of anilines is 1. The number of benzene rings is 1. The first-order valence-corrected chi connectivity index (χ1v) is 5.26. The average molecular weight is 253 g/mol. The van der Waals surface area contributed by atoms with Crippen molar-refractivity contribution >= 4 is 17.3 Å². The van der Waals surface area contributed by atoms with Crippen molar-refractivity contribution in [2.24, 2.45) is 0 Å². The van der Waals surface area contributed by atoms with E-state index in [1.54, 1.807) is 7.05 Å². The summed E-state index contributed by atoms with van der Waals surface area (Å²) in [7, 11) is 3.11. The van der Waals surface area contributed by atoms with Gasteiger partial charge in [-0.25, -0.2) is 0 Å². The van der Waals surface area contributed by atoms with Gasteiger partial charge in [-0.1, -0.05) is 6.07 Å². The molecule has 1 aromatic rings. The van der Waals surface area contributed by atoms with E-state index < -0.39 is 4.92 Å². The predicted octanol–water partition coefficient (Wildman–Crippen LogP) is 0.895. The highest BCUT2D eigenvalue weighted by Gasteiger charge is 2.21. The molecule has 0 saturated carbocycles. The molecule has 98 valence electrons. The van der Waals surface area contributed by atoms with Crippen LogP contribution in [0.1, 0.15) is 10.4 Å². The first kappa shape index (κ1) is 13.9. The van der Waals surface area contributed by atoms with E-state index >= 15 is 0 Å². The molecule has 0 unspecified atom stereocenters. The van der Waals surface area contributed by atoms with Crippen LogP contribution in [0.3, 0.4) is 0 Å². The van der Waals surface area contributed by atoms with Gasteiger partial charge in [0.05, 0.1) is 17.1 Å². The van der Waals surface area contributed by atoms with Crippen molar-refractivity contribution in [1.82, 2.24) is 4.90 Å². The molecule has 1 amide bonds. The third-order valence-electron chi connectivity index (χ3n) is 2.49. The minimum Gasteiger partial charge on any atom is -0.393 e. The zero-order valence-electron chi connectivity index (χ0n) is 10.3. The lowest BCUT2D eigenvalue weighted by molar-refractivity contribution is -0.383. The van der Waals surface area contributed by atoms with Gasteiger partial charge >= 0.3 is 0 Å². The maximum atomic E-state index is 12.0. The SMILES string of the molecule is COCCN(C)C(=O)c1cccc([N+](=O)[O-])c1N. The minimum atomic E-state index is -0.610. The topological polar surface area (TPSA) is 98.7 Å². The molecule has 18 heavy (non-hydrogen) atoms. The lowest BCUT2D eigenvalue weighted by Crippen LogP contribution is -2.30. The zero-order chi connectivity index (χ0) is 13.7. The van der Waals surface area contributed by atoms with E-state index in [2.05, 4.69) is 0 Å². The Balaban J connectivity index is 2.99. The van der Waals surface area contributed by atoms with Crippen molar-refractivity contribution in [2.75, 3.05) is 33.0 Å². The number of rotatable bonds is 5. The molecule has 0 bridgehead atoms. The van der Waals surface area contributed by atoms with Crippen molar-refractivity contribution in [3.05, 3.63) is 33.9 Å². The van der Waals surface area contributed by atoms with Gasteiger partial charge in [-0.15, -0.1) is 0 Å². The summed E-state index contributed by atoms with van der Waals surface area (Å²) in [6, 6.07) is 4.17. The van der Waals surface area contributed by atoms with Crippen LogP contribution in [0.15, 0.2) is 18.2 Å². The number of nitro groups is 1. The number of likely N-dealkylation sites (N-methyl/N-ethyl adjacent to an activating group) is 1. The first-order valence-electron chi connectivity index (χ1n) is 5.26. The van der Waals surface area contributed by atoms with E-state index in [1.807, 2.05) is 0 Å². The van der Waals surface area contributed by atoms with Crippen LogP contribution in [-0.4, -0.2) is 43.0 Å². The van der Waals surface area contributed by atoms with Gasteiger partial charge in [-0.2, -0.15) is 0 Å². The van der Waals surface area contributed by atoms with Crippen molar-refractivity contribution in [3.63, 3.8) is 0 Å². The predicted molar refractivity (Wildman–Crippen MR) is 66.3 cm³/mol. The minimum absolute atomic E-state index is 0.114. The van der Waals surface area contributed by atoms with Gasteiger partial charge in [0.1, 0.15) is 5.69 Å². The second kappa shape index (κ2) is 5.97. The number of nitrogen functional groups attached to an aromatic ring is 1. The molecule has 0 spiro atoms. The van der Waals surface area contributed by atoms with Crippen LogP contribution in [0.5, 0.6) is 0 Å². The molecule has 0 aliphatic carbocycles. The summed E-state index contributed by atoms with van der Waals surface area (Å²) in [6.07, 6.45) is 0. The van der Waals surface area contributed by atoms with Gasteiger partial charge in [0.25, 0.3) is 11.6 Å². The van der Waals surface area contributed by atoms with Crippen molar-refractivity contribution in [1.29, 1.82) is 0 Å². The normalized spacial score (nSPS) is 10.1. The van der Waals surface area contributed by atoms with Crippen LogP contribution in [-0.2, 0) is 4.74 Å². The molecule has 2 N–H and O–H groups in total. The molecule has 0 heterocycles. The number of ether oxygens (including phenoxy) is 1. The molecule has 7 heteroatoms. The molecular weight excluding hydrogens is 238 g/mol. The fraction of sp³-hybridized carbons (Fsp3) is 0.364. The maximum Gasteiger partial charge on any atom is 0.292 e. The van der Waals surface area contributed by atoms with Gasteiger partial charge in [0.15, 0.2) is 0 Å². The molecule has 7 nitrogen and oxygen atoms in total. The summed E-state index contributed by atoms with van der Waals surface area (Å²) in [5.41, 5.74) is 5.38. The summed E-state index contributed by atoms with van der Waals surface area (Å²) in [4.78, 5) is 23.5. The molecular formula is C11H15N3O4. The van der Waals surface area contributed by atoms with Crippen molar-refractivity contribution < 1.29 is 14.5 Å². The van der Waals surface area contributed by atoms with E-state index in [9.17, 15) is 14.9 Å². The van der Waals surface area contributed by atoms with E-state index in [4.69, 9.17) is 10.5 Å². The van der Waals surface area contributed by atoms with E-state index in [0.29, 0.717) is 13.2 Å². The van der Waals surface area contributed by atoms with Crippen LogP contribution in [0, 0.1) is 10.1 Å². The molecule has 0 fully saturated rings. The smallest absolute Gasteiger partial charge is 0.292 e. The second-order valence-electron chi connectivity index (χ2n) is 3.71. The number of nitrogens with two attached hydrogens (primary N) is 1. The Hall–Kier alpha value is -2.15. The van der Waals surface area contributed by atoms with Crippen LogP contribution in [0.4, 0.5) is 11.4 Å². The molecule has 0 aromatic heterocycles. The monoisotopic (exact) mass is 253 g/mol. The number of amides is 1. The Morgan fingerprint density at radius 2 is 2.22 bits per heavy atom. The third kappa shape index (κ3) is 2.95.